The van der Waals surface area contributed by atoms with Crippen LogP contribution in [0.15, 0.2) is 11.6 Å². The number of rotatable bonds is 3. The van der Waals surface area contributed by atoms with Crippen LogP contribution in [0.2, 0.25) is 0 Å². The number of amides is 1. The molecule has 0 bridgehead atoms. The predicted molar refractivity (Wildman–Crippen MR) is 56.5 cm³/mol. The van der Waals surface area contributed by atoms with Crippen molar-refractivity contribution in [1.29, 1.82) is 0 Å². The molecule has 0 aromatic rings. The van der Waals surface area contributed by atoms with E-state index in [4.69, 9.17) is 0 Å². The van der Waals surface area contributed by atoms with Gasteiger partial charge in [0.2, 0.25) is 5.91 Å². The van der Waals surface area contributed by atoms with E-state index in [0.29, 0.717) is 0 Å². The fourth-order valence-corrected chi connectivity index (χ4v) is 1.43. The molecule has 2 nitrogen and oxygen atoms in total. The summed E-state index contributed by atoms with van der Waals surface area (Å²) in [6.45, 7) is 12.0. The summed E-state index contributed by atoms with van der Waals surface area (Å²) in [5.74, 6) is 0.116. The molecule has 13 heavy (non-hydrogen) atoms. The first-order chi connectivity index (χ1) is 5.86. The Balaban J connectivity index is 4.57. The summed E-state index contributed by atoms with van der Waals surface area (Å²) in [6, 6.07) is 0.534. The smallest absolute Gasteiger partial charge is 0.246 e. The highest BCUT2D eigenvalue weighted by molar-refractivity contribution is 5.88. The molecule has 0 radical (unpaired) electrons. The Hall–Kier alpha value is -0.790. The molecule has 76 valence electrons. The van der Waals surface area contributed by atoms with Gasteiger partial charge in [0, 0.05) is 18.2 Å². The van der Waals surface area contributed by atoms with Crippen LogP contribution < -0.4 is 0 Å². The molecule has 0 aliphatic heterocycles. The first-order valence-corrected chi connectivity index (χ1v) is 4.83. The Labute approximate surface area is 81.6 Å². The Morgan fingerprint density at radius 1 is 1.08 bits per heavy atom. The monoisotopic (exact) mass is 183 g/mol. The van der Waals surface area contributed by atoms with Gasteiger partial charge in [-0.05, 0) is 41.5 Å². The van der Waals surface area contributed by atoms with Gasteiger partial charge in [0.05, 0.1) is 0 Å². The van der Waals surface area contributed by atoms with E-state index in [0.717, 1.165) is 5.57 Å². The summed E-state index contributed by atoms with van der Waals surface area (Å²) in [5, 5.41) is 0. The van der Waals surface area contributed by atoms with Crippen LogP contribution in [0.25, 0.3) is 0 Å². The highest BCUT2D eigenvalue weighted by atomic mass is 16.2. The summed E-state index contributed by atoms with van der Waals surface area (Å²) in [7, 11) is 0. The van der Waals surface area contributed by atoms with Crippen molar-refractivity contribution in [1.82, 2.24) is 4.90 Å². The first-order valence-electron chi connectivity index (χ1n) is 4.83. The molecule has 0 aliphatic rings. The van der Waals surface area contributed by atoms with E-state index in [1.165, 1.54) is 0 Å². The predicted octanol–water partition coefficient (Wildman–Crippen LogP) is 2.60. The summed E-state index contributed by atoms with van der Waals surface area (Å²) >= 11 is 0. The molecular formula is C11H21NO. The maximum Gasteiger partial charge on any atom is 0.246 e. The van der Waals surface area contributed by atoms with Gasteiger partial charge in [-0.2, -0.15) is 0 Å². The number of allylic oxidation sites excluding steroid dienone is 1. The van der Waals surface area contributed by atoms with Crippen molar-refractivity contribution in [2.75, 3.05) is 0 Å². The molecule has 0 aliphatic carbocycles. The van der Waals surface area contributed by atoms with Gasteiger partial charge in [0.15, 0.2) is 0 Å². The SMILES string of the molecule is CC(C)=CC(=O)N(C(C)C)C(C)C. The average Bonchev–Trinajstić information content (AvgIpc) is 1.81. The molecule has 0 saturated heterocycles. The maximum absolute atomic E-state index is 11.7. The Bertz CT molecular complexity index is 192. The van der Waals surface area contributed by atoms with Crippen molar-refractivity contribution in [3.8, 4) is 0 Å². The summed E-state index contributed by atoms with van der Waals surface area (Å²) in [5.41, 5.74) is 1.05. The molecular weight excluding hydrogens is 162 g/mol. The van der Waals surface area contributed by atoms with Crippen LogP contribution in [0.1, 0.15) is 41.5 Å². The van der Waals surface area contributed by atoms with E-state index >= 15 is 0 Å². The Kier molecular flexibility index (Phi) is 4.74. The van der Waals surface area contributed by atoms with Gasteiger partial charge < -0.3 is 4.90 Å². The van der Waals surface area contributed by atoms with Gasteiger partial charge in [0.25, 0.3) is 0 Å². The van der Waals surface area contributed by atoms with E-state index < -0.39 is 0 Å². The van der Waals surface area contributed by atoms with Crippen LogP contribution in [0.5, 0.6) is 0 Å². The third-order valence-electron chi connectivity index (χ3n) is 1.78. The van der Waals surface area contributed by atoms with Crippen molar-refractivity contribution >= 4 is 5.91 Å². The summed E-state index contributed by atoms with van der Waals surface area (Å²) in [4.78, 5) is 13.6. The van der Waals surface area contributed by atoms with Crippen LogP contribution in [0.3, 0.4) is 0 Å². The van der Waals surface area contributed by atoms with Crippen LogP contribution in [0, 0.1) is 0 Å². The second-order valence-electron chi connectivity index (χ2n) is 4.15. The summed E-state index contributed by atoms with van der Waals surface area (Å²) < 4.78 is 0. The highest BCUT2D eigenvalue weighted by Gasteiger charge is 2.17. The third kappa shape index (κ3) is 4.11. The van der Waals surface area contributed by atoms with Gasteiger partial charge in [-0.25, -0.2) is 0 Å². The molecule has 0 aromatic carbocycles. The molecule has 0 fully saturated rings. The lowest BCUT2D eigenvalue weighted by Gasteiger charge is -2.29. The highest BCUT2D eigenvalue weighted by Crippen LogP contribution is 2.07. The molecule has 0 atom stereocenters. The molecule has 1 amide bonds. The molecule has 0 rings (SSSR count). The zero-order valence-corrected chi connectivity index (χ0v) is 9.59. The van der Waals surface area contributed by atoms with E-state index in [1.54, 1.807) is 6.08 Å². The molecule has 0 heterocycles. The van der Waals surface area contributed by atoms with Crippen LogP contribution >= 0.6 is 0 Å². The van der Waals surface area contributed by atoms with Crippen molar-refractivity contribution in [2.24, 2.45) is 0 Å². The van der Waals surface area contributed by atoms with Crippen molar-refractivity contribution in [3.05, 3.63) is 11.6 Å². The minimum atomic E-state index is 0.116. The molecule has 0 saturated carbocycles. The summed E-state index contributed by atoms with van der Waals surface area (Å²) in [6.07, 6.45) is 1.69. The van der Waals surface area contributed by atoms with Crippen LogP contribution in [0.4, 0.5) is 0 Å². The Morgan fingerprint density at radius 2 is 1.46 bits per heavy atom. The number of nitrogens with zero attached hydrogens (tertiary/aromatic N) is 1. The van der Waals surface area contributed by atoms with E-state index in [9.17, 15) is 4.79 Å². The zero-order chi connectivity index (χ0) is 10.6. The molecule has 0 unspecified atom stereocenters. The second kappa shape index (κ2) is 5.05. The van der Waals surface area contributed by atoms with Crippen LogP contribution in [-0.4, -0.2) is 22.9 Å². The van der Waals surface area contributed by atoms with Crippen molar-refractivity contribution in [3.63, 3.8) is 0 Å². The van der Waals surface area contributed by atoms with E-state index in [-0.39, 0.29) is 18.0 Å². The minimum Gasteiger partial charge on any atom is -0.334 e. The number of carbonyl (C=O) groups is 1. The average molecular weight is 183 g/mol. The minimum absolute atomic E-state index is 0.116. The Morgan fingerprint density at radius 3 is 1.69 bits per heavy atom. The second-order valence-corrected chi connectivity index (χ2v) is 4.15. The molecule has 0 N–H and O–H groups in total. The molecule has 0 aromatic heterocycles. The van der Waals surface area contributed by atoms with Crippen LogP contribution in [-0.2, 0) is 4.79 Å². The van der Waals surface area contributed by atoms with Gasteiger partial charge >= 0.3 is 0 Å². The quantitative estimate of drug-likeness (QED) is 0.616. The number of hydrogen-bond donors (Lipinski definition) is 0. The molecule has 2 heteroatoms. The lowest BCUT2D eigenvalue weighted by atomic mass is 10.2. The van der Waals surface area contributed by atoms with Crippen molar-refractivity contribution in [2.45, 2.75) is 53.6 Å². The van der Waals surface area contributed by atoms with Gasteiger partial charge in [-0.3, -0.25) is 4.79 Å². The van der Waals surface area contributed by atoms with E-state index in [2.05, 4.69) is 0 Å². The maximum atomic E-state index is 11.7. The third-order valence-corrected chi connectivity index (χ3v) is 1.78. The number of hydrogen-bond acceptors (Lipinski definition) is 1. The van der Waals surface area contributed by atoms with Gasteiger partial charge in [-0.15, -0.1) is 0 Å². The first kappa shape index (κ1) is 12.2. The van der Waals surface area contributed by atoms with E-state index in [1.807, 2.05) is 46.4 Å². The number of carbonyl (C=O) groups excluding carboxylic acids is 1. The van der Waals surface area contributed by atoms with Crippen molar-refractivity contribution < 1.29 is 4.79 Å². The molecule has 0 spiro atoms. The van der Waals surface area contributed by atoms with Gasteiger partial charge in [-0.1, -0.05) is 5.57 Å². The standard InChI is InChI=1S/C11H21NO/c1-8(2)7-11(13)12(9(3)4)10(5)6/h7,9-10H,1-6H3. The van der Waals surface area contributed by atoms with Gasteiger partial charge in [0.1, 0.15) is 0 Å². The normalized spacial score (nSPS) is 10.5. The fraction of sp³-hybridized carbons (Fsp3) is 0.727. The largest absolute Gasteiger partial charge is 0.334 e. The topological polar surface area (TPSA) is 20.3 Å². The lowest BCUT2D eigenvalue weighted by molar-refractivity contribution is -0.129. The lowest BCUT2D eigenvalue weighted by Crippen LogP contribution is -2.41. The fourth-order valence-electron chi connectivity index (χ4n) is 1.43. The zero-order valence-electron chi connectivity index (χ0n) is 9.59.